The van der Waals surface area contributed by atoms with Gasteiger partial charge in [0.05, 0.1) is 10.6 Å². The van der Waals surface area contributed by atoms with E-state index < -0.39 is 16.9 Å². The van der Waals surface area contributed by atoms with E-state index in [2.05, 4.69) is 15.7 Å². The summed E-state index contributed by atoms with van der Waals surface area (Å²) in [5, 5.41) is 21.0. The largest absolute Gasteiger partial charge is 0.368 e. The van der Waals surface area contributed by atoms with E-state index in [4.69, 9.17) is 0 Å². The number of aryl methyl sites for hydroxylation is 2. The molecule has 1 aliphatic rings. The number of aromatic nitrogens is 2. The fraction of sp³-hybridized carbons (Fsp3) is 0.353. The Hall–Kier alpha value is -3.43. The minimum Gasteiger partial charge on any atom is -0.368 e. The molecule has 1 aromatic carbocycles. The van der Waals surface area contributed by atoms with Crippen molar-refractivity contribution in [1.82, 2.24) is 15.1 Å². The van der Waals surface area contributed by atoms with Crippen LogP contribution in [-0.4, -0.2) is 46.2 Å². The minimum atomic E-state index is -0.593. The zero-order valence-electron chi connectivity index (χ0n) is 15.2. The highest BCUT2D eigenvalue weighted by Crippen LogP contribution is 2.29. The maximum atomic E-state index is 12.8. The summed E-state index contributed by atoms with van der Waals surface area (Å²) in [5.74, 6) is 0.0910. The number of hydrogen-bond donors (Lipinski definition) is 2. The first-order chi connectivity index (χ1) is 12.8. The minimum absolute atomic E-state index is 0.178. The lowest BCUT2D eigenvalue weighted by Gasteiger charge is -2.17. The van der Waals surface area contributed by atoms with Gasteiger partial charge in [-0.1, -0.05) is 0 Å². The molecule has 0 saturated carbocycles. The van der Waals surface area contributed by atoms with Gasteiger partial charge in [0.15, 0.2) is 0 Å². The lowest BCUT2D eigenvalue weighted by molar-refractivity contribution is -0.384. The van der Waals surface area contributed by atoms with Crippen LogP contribution in [0.5, 0.6) is 0 Å². The lowest BCUT2D eigenvalue weighted by atomic mass is 10.1. The van der Waals surface area contributed by atoms with Crippen LogP contribution in [-0.2, 0) is 11.8 Å². The molecule has 3 rings (SSSR count). The van der Waals surface area contributed by atoms with E-state index in [9.17, 15) is 19.7 Å². The summed E-state index contributed by atoms with van der Waals surface area (Å²) in [4.78, 5) is 36.9. The van der Waals surface area contributed by atoms with Crippen LogP contribution in [0.3, 0.4) is 0 Å². The Morgan fingerprint density at radius 2 is 2.11 bits per heavy atom. The van der Waals surface area contributed by atoms with E-state index in [0.717, 1.165) is 5.69 Å². The zero-order valence-corrected chi connectivity index (χ0v) is 15.2. The molecule has 2 heterocycles. The van der Waals surface area contributed by atoms with E-state index in [-0.39, 0.29) is 22.8 Å². The van der Waals surface area contributed by atoms with E-state index in [1.165, 1.54) is 25.2 Å². The summed E-state index contributed by atoms with van der Waals surface area (Å²) < 4.78 is 1.64. The number of amides is 2. The second-order valence-corrected chi connectivity index (χ2v) is 6.31. The number of nitrogens with zero attached hydrogens (tertiary/aromatic N) is 4. The van der Waals surface area contributed by atoms with Crippen molar-refractivity contribution in [2.45, 2.75) is 19.4 Å². The van der Waals surface area contributed by atoms with Gasteiger partial charge in [-0.15, -0.1) is 0 Å². The van der Waals surface area contributed by atoms with Gasteiger partial charge >= 0.3 is 0 Å². The van der Waals surface area contributed by atoms with Crippen molar-refractivity contribution in [2.24, 2.45) is 7.05 Å². The molecule has 1 saturated heterocycles. The van der Waals surface area contributed by atoms with Crippen molar-refractivity contribution in [3.8, 4) is 0 Å². The first kappa shape index (κ1) is 18.4. The Labute approximate surface area is 155 Å². The number of carbonyl (C=O) groups is 2. The number of rotatable bonds is 5. The van der Waals surface area contributed by atoms with Crippen molar-refractivity contribution in [3.05, 3.63) is 45.6 Å². The molecule has 2 aromatic rings. The Morgan fingerprint density at radius 1 is 1.37 bits per heavy atom. The molecule has 0 spiro atoms. The topological polar surface area (TPSA) is 122 Å². The summed E-state index contributed by atoms with van der Waals surface area (Å²) >= 11 is 0. The highest BCUT2D eigenvalue weighted by atomic mass is 16.6. The number of carbonyl (C=O) groups excluding carboxylic acids is 2. The van der Waals surface area contributed by atoms with Gasteiger partial charge < -0.3 is 10.6 Å². The average molecular weight is 372 g/mol. The molecule has 27 heavy (non-hydrogen) atoms. The second kappa shape index (κ2) is 7.06. The highest BCUT2D eigenvalue weighted by molar-refractivity contribution is 6.01. The van der Waals surface area contributed by atoms with Crippen LogP contribution in [0.4, 0.5) is 17.2 Å². The Kier molecular flexibility index (Phi) is 4.80. The van der Waals surface area contributed by atoms with Gasteiger partial charge in [-0.3, -0.25) is 29.3 Å². The third kappa shape index (κ3) is 3.46. The molecule has 1 fully saturated rings. The van der Waals surface area contributed by atoms with Crippen LogP contribution < -0.4 is 15.5 Å². The van der Waals surface area contributed by atoms with Crippen LogP contribution >= 0.6 is 0 Å². The summed E-state index contributed by atoms with van der Waals surface area (Å²) in [6, 6.07) is 5.36. The van der Waals surface area contributed by atoms with Gasteiger partial charge in [-0.25, -0.2) is 0 Å². The predicted molar refractivity (Wildman–Crippen MR) is 98.8 cm³/mol. The zero-order chi connectivity index (χ0) is 19.7. The Balaban J connectivity index is 1.83. The fourth-order valence-corrected chi connectivity index (χ4v) is 3.17. The first-order valence-electron chi connectivity index (χ1n) is 8.41. The first-order valence-corrected chi connectivity index (χ1v) is 8.41. The highest BCUT2D eigenvalue weighted by Gasteiger charge is 2.35. The van der Waals surface area contributed by atoms with Crippen molar-refractivity contribution in [1.29, 1.82) is 0 Å². The van der Waals surface area contributed by atoms with Gasteiger partial charge in [0.2, 0.25) is 0 Å². The fourth-order valence-electron chi connectivity index (χ4n) is 3.17. The number of nitrogens with one attached hydrogen (secondary N) is 2. The summed E-state index contributed by atoms with van der Waals surface area (Å²) in [6.07, 6.45) is 0.497. The van der Waals surface area contributed by atoms with Crippen LogP contribution in [0, 0.1) is 17.0 Å². The van der Waals surface area contributed by atoms with E-state index in [1.54, 1.807) is 16.6 Å². The third-order valence-electron chi connectivity index (χ3n) is 4.47. The monoisotopic (exact) mass is 372 g/mol. The van der Waals surface area contributed by atoms with Crippen molar-refractivity contribution in [3.63, 3.8) is 0 Å². The molecule has 0 bridgehead atoms. The second-order valence-electron chi connectivity index (χ2n) is 6.31. The standard InChI is InChI=1S/C17H20N6O4/c1-10-8-15(21(3)20-10)22-7-6-13(17(22)25)19-12-5-4-11(16(24)18-2)9-14(12)23(26)27/h4-5,8-9,13,19H,6-7H2,1-3H3,(H,18,24). The van der Waals surface area contributed by atoms with Gasteiger partial charge in [-0.05, 0) is 25.5 Å². The van der Waals surface area contributed by atoms with Crippen LogP contribution in [0.25, 0.3) is 0 Å². The quantitative estimate of drug-likeness (QED) is 0.601. The third-order valence-corrected chi connectivity index (χ3v) is 4.47. The van der Waals surface area contributed by atoms with E-state index in [1.807, 2.05) is 13.0 Å². The molecular formula is C17H20N6O4. The van der Waals surface area contributed by atoms with Gasteiger partial charge in [-0.2, -0.15) is 5.10 Å². The smallest absolute Gasteiger partial charge is 0.293 e. The average Bonchev–Trinajstić information content (AvgIpc) is 3.15. The van der Waals surface area contributed by atoms with Gasteiger partial charge in [0.25, 0.3) is 17.5 Å². The molecule has 2 amide bonds. The molecule has 1 unspecified atom stereocenters. The maximum absolute atomic E-state index is 12.8. The summed E-state index contributed by atoms with van der Waals surface area (Å²) in [7, 11) is 3.21. The Morgan fingerprint density at radius 3 is 2.70 bits per heavy atom. The molecule has 0 radical (unpaired) electrons. The molecule has 1 aliphatic heterocycles. The molecule has 1 atom stereocenters. The van der Waals surface area contributed by atoms with Gasteiger partial charge in [0.1, 0.15) is 17.5 Å². The van der Waals surface area contributed by atoms with E-state index in [0.29, 0.717) is 18.8 Å². The Bertz CT molecular complexity index is 922. The van der Waals surface area contributed by atoms with Gasteiger partial charge in [0, 0.05) is 38.3 Å². The number of nitro benzene ring substituents is 1. The lowest BCUT2D eigenvalue weighted by Crippen LogP contribution is -2.34. The van der Waals surface area contributed by atoms with Crippen LogP contribution in [0.15, 0.2) is 24.3 Å². The van der Waals surface area contributed by atoms with Crippen LogP contribution in [0.1, 0.15) is 22.5 Å². The van der Waals surface area contributed by atoms with Crippen molar-refractivity contribution in [2.75, 3.05) is 23.8 Å². The van der Waals surface area contributed by atoms with E-state index >= 15 is 0 Å². The predicted octanol–water partition coefficient (Wildman–Crippen LogP) is 1.21. The van der Waals surface area contributed by atoms with Crippen molar-refractivity contribution >= 4 is 29.0 Å². The molecular weight excluding hydrogens is 352 g/mol. The van der Waals surface area contributed by atoms with Crippen LogP contribution in [0.2, 0.25) is 0 Å². The number of hydrogen-bond acceptors (Lipinski definition) is 6. The molecule has 10 heteroatoms. The maximum Gasteiger partial charge on any atom is 0.293 e. The molecule has 10 nitrogen and oxygen atoms in total. The molecule has 0 aliphatic carbocycles. The SMILES string of the molecule is CNC(=O)c1ccc(NC2CCN(c3cc(C)nn3C)C2=O)c([N+](=O)[O-])c1. The number of benzene rings is 1. The molecule has 1 aromatic heterocycles. The number of nitro groups is 1. The molecule has 2 N–H and O–H groups in total. The normalized spacial score (nSPS) is 16.5. The molecule has 142 valence electrons. The van der Waals surface area contributed by atoms with Crippen molar-refractivity contribution < 1.29 is 14.5 Å². The summed E-state index contributed by atoms with van der Waals surface area (Å²) in [5.41, 5.74) is 0.935. The number of anilines is 2. The summed E-state index contributed by atoms with van der Waals surface area (Å²) in [6.45, 7) is 2.33.